The van der Waals surface area contributed by atoms with Crippen LogP contribution in [0.3, 0.4) is 0 Å². The van der Waals surface area contributed by atoms with E-state index in [2.05, 4.69) is 4.98 Å². The summed E-state index contributed by atoms with van der Waals surface area (Å²) in [5.74, 6) is -0.344. The van der Waals surface area contributed by atoms with E-state index in [1.165, 1.54) is 18.2 Å². The third-order valence-electron chi connectivity index (χ3n) is 3.03. The molecule has 0 aliphatic rings. The van der Waals surface area contributed by atoms with Gasteiger partial charge in [0.15, 0.2) is 0 Å². The maximum absolute atomic E-state index is 13.1. The van der Waals surface area contributed by atoms with Gasteiger partial charge < -0.3 is 4.98 Å². The Morgan fingerprint density at radius 3 is 2.68 bits per heavy atom. The van der Waals surface area contributed by atoms with Crippen LogP contribution in [0.25, 0.3) is 22.0 Å². The number of H-pyrrole nitrogens is 1. The Balaban J connectivity index is 2.28. The van der Waals surface area contributed by atoms with E-state index < -0.39 is 4.92 Å². The van der Waals surface area contributed by atoms with Gasteiger partial charge in [-0.05, 0) is 24.3 Å². The van der Waals surface area contributed by atoms with E-state index in [0.717, 1.165) is 5.39 Å². The van der Waals surface area contributed by atoms with E-state index in [0.29, 0.717) is 16.6 Å². The second-order valence-electron chi connectivity index (χ2n) is 4.17. The molecule has 3 aromatic rings. The highest BCUT2D eigenvalue weighted by atomic mass is 19.1. The van der Waals surface area contributed by atoms with Crippen LogP contribution in [-0.2, 0) is 0 Å². The van der Waals surface area contributed by atoms with Crippen LogP contribution in [0.15, 0.2) is 48.7 Å². The number of nitro benzene ring substituents is 1. The fourth-order valence-electron chi connectivity index (χ4n) is 2.18. The molecule has 1 aromatic heterocycles. The highest BCUT2D eigenvalue weighted by Gasteiger charge is 2.17. The van der Waals surface area contributed by atoms with Gasteiger partial charge in [-0.1, -0.05) is 12.1 Å². The first-order chi connectivity index (χ1) is 9.16. The third kappa shape index (κ3) is 1.85. The van der Waals surface area contributed by atoms with Crippen LogP contribution in [0.1, 0.15) is 0 Å². The lowest BCUT2D eigenvalue weighted by Gasteiger charge is -2.01. The molecule has 1 N–H and O–H groups in total. The molecule has 0 aliphatic heterocycles. The van der Waals surface area contributed by atoms with Gasteiger partial charge in [0.2, 0.25) is 0 Å². The minimum atomic E-state index is -0.419. The molecule has 0 radical (unpaired) electrons. The van der Waals surface area contributed by atoms with E-state index in [1.54, 1.807) is 30.5 Å². The number of aromatic amines is 1. The molecule has 0 saturated carbocycles. The summed E-state index contributed by atoms with van der Waals surface area (Å²) in [4.78, 5) is 13.6. The molecule has 0 amide bonds. The molecule has 0 bridgehead atoms. The van der Waals surface area contributed by atoms with Crippen molar-refractivity contribution in [3.63, 3.8) is 0 Å². The summed E-state index contributed by atoms with van der Waals surface area (Å²) in [5.41, 5.74) is 1.87. The zero-order valence-corrected chi connectivity index (χ0v) is 9.76. The molecular formula is C14H9FN2O2. The summed E-state index contributed by atoms with van der Waals surface area (Å²) in [6.45, 7) is 0. The maximum Gasteiger partial charge on any atom is 0.277 e. The summed E-state index contributed by atoms with van der Waals surface area (Å²) in [6.07, 6.45) is 1.66. The van der Waals surface area contributed by atoms with Gasteiger partial charge in [0.05, 0.1) is 10.5 Å². The number of aromatic nitrogens is 1. The van der Waals surface area contributed by atoms with Crippen molar-refractivity contribution in [3.8, 4) is 11.1 Å². The van der Waals surface area contributed by atoms with E-state index in [4.69, 9.17) is 0 Å². The van der Waals surface area contributed by atoms with Gasteiger partial charge >= 0.3 is 0 Å². The molecule has 3 rings (SSSR count). The van der Waals surface area contributed by atoms with Gasteiger partial charge in [0.25, 0.3) is 5.69 Å². The molecule has 2 aromatic carbocycles. The Morgan fingerprint density at radius 1 is 1.11 bits per heavy atom. The Kier molecular flexibility index (Phi) is 2.52. The summed E-state index contributed by atoms with van der Waals surface area (Å²) in [7, 11) is 0. The monoisotopic (exact) mass is 256 g/mol. The molecule has 0 fully saturated rings. The molecule has 4 nitrogen and oxygen atoms in total. The molecule has 0 saturated heterocycles. The van der Waals surface area contributed by atoms with E-state index in [1.807, 2.05) is 0 Å². The largest absolute Gasteiger partial charge is 0.360 e. The summed E-state index contributed by atoms with van der Waals surface area (Å²) < 4.78 is 13.1. The predicted octanol–water partition coefficient (Wildman–Crippen LogP) is 3.88. The number of hydrogen-bond acceptors (Lipinski definition) is 2. The molecule has 94 valence electrons. The van der Waals surface area contributed by atoms with E-state index in [-0.39, 0.29) is 11.5 Å². The standard InChI is InChI=1S/C14H9FN2O2/c15-9-5-6-10-12(8-16-13(10)7-9)11-3-1-2-4-14(11)17(18)19/h1-8,16H. The minimum absolute atomic E-state index is 0.0349. The molecule has 1 heterocycles. The number of halogens is 1. The number of nitrogens with zero attached hydrogens (tertiary/aromatic N) is 1. The van der Waals surface area contributed by atoms with Gasteiger partial charge in [-0.25, -0.2) is 4.39 Å². The number of para-hydroxylation sites is 1. The summed E-state index contributed by atoms with van der Waals surface area (Å²) in [5, 5.41) is 11.8. The molecule has 0 atom stereocenters. The molecular weight excluding hydrogens is 247 g/mol. The summed E-state index contributed by atoms with van der Waals surface area (Å²) >= 11 is 0. The van der Waals surface area contributed by atoms with Crippen LogP contribution >= 0.6 is 0 Å². The highest BCUT2D eigenvalue weighted by molar-refractivity contribution is 5.97. The number of fused-ring (bicyclic) bond motifs is 1. The number of rotatable bonds is 2. The second-order valence-corrected chi connectivity index (χ2v) is 4.17. The van der Waals surface area contributed by atoms with Gasteiger partial charge in [-0.15, -0.1) is 0 Å². The van der Waals surface area contributed by atoms with Crippen molar-refractivity contribution in [2.24, 2.45) is 0 Å². The highest BCUT2D eigenvalue weighted by Crippen LogP contribution is 2.34. The number of hydrogen-bond donors (Lipinski definition) is 1. The van der Waals surface area contributed by atoms with Crippen LogP contribution < -0.4 is 0 Å². The lowest BCUT2D eigenvalue weighted by atomic mass is 10.0. The number of nitrogens with one attached hydrogen (secondary N) is 1. The van der Waals surface area contributed by atoms with Crippen molar-refractivity contribution in [2.75, 3.05) is 0 Å². The lowest BCUT2D eigenvalue weighted by molar-refractivity contribution is -0.384. The zero-order chi connectivity index (χ0) is 13.4. The quantitative estimate of drug-likeness (QED) is 0.558. The summed E-state index contributed by atoms with van der Waals surface area (Å²) in [6, 6.07) is 10.8. The third-order valence-corrected chi connectivity index (χ3v) is 3.03. The Labute approximate surface area is 107 Å². The first kappa shape index (κ1) is 11.4. The van der Waals surface area contributed by atoms with E-state index in [9.17, 15) is 14.5 Å². The normalized spacial score (nSPS) is 10.8. The Hall–Kier alpha value is -2.69. The van der Waals surface area contributed by atoms with Crippen LogP contribution in [0.4, 0.5) is 10.1 Å². The van der Waals surface area contributed by atoms with Crippen LogP contribution in [0, 0.1) is 15.9 Å². The maximum atomic E-state index is 13.1. The number of nitro groups is 1. The lowest BCUT2D eigenvalue weighted by Crippen LogP contribution is -1.90. The van der Waals surface area contributed by atoms with Gasteiger partial charge in [0, 0.05) is 28.7 Å². The SMILES string of the molecule is O=[N+]([O-])c1ccccc1-c1c[nH]c2cc(F)ccc12. The first-order valence-corrected chi connectivity index (χ1v) is 5.67. The fourth-order valence-corrected chi connectivity index (χ4v) is 2.18. The Bertz CT molecular complexity index is 780. The van der Waals surface area contributed by atoms with Crippen molar-refractivity contribution < 1.29 is 9.31 Å². The Morgan fingerprint density at radius 2 is 1.89 bits per heavy atom. The first-order valence-electron chi connectivity index (χ1n) is 5.67. The molecule has 5 heteroatoms. The van der Waals surface area contributed by atoms with Gasteiger partial charge in [0.1, 0.15) is 5.82 Å². The van der Waals surface area contributed by atoms with Crippen LogP contribution in [0.5, 0.6) is 0 Å². The fraction of sp³-hybridized carbons (Fsp3) is 0. The second kappa shape index (κ2) is 4.20. The van der Waals surface area contributed by atoms with Crippen molar-refractivity contribution in [3.05, 3.63) is 64.6 Å². The molecule has 0 spiro atoms. The van der Waals surface area contributed by atoms with Gasteiger partial charge in [-0.3, -0.25) is 10.1 Å². The smallest absolute Gasteiger partial charge is 0.277 e. The van der Waals surface area contributed by atoms with E-state index >= 15 is 0 Å². The average molecular weight is 256 g/mol. The van der Waals surface area contributed by atoms with Crippen molar-refractivity contribution in [2.45, 2.75) is 0 Å². The molecule has 19 heavy (non-hydrogen) atoms. The van der Waals surface area contributed by atoms with Gasteiger partial charge in [-0.2, -0.15) is 0 Å². The topological polar surface area (TPSA) is 58.9 Å². The van der Waals surface area contributed by atoms with Crippen molar-refractivity contribution in [1.82, 2.24) is 4.98 Å². The molecule has 0 unspecified atom stereocenters. The number of benzene rings is 2. The molecule has 0 aliphatic carbocycles. The van der Waals surface area contributed by atoms with Crippen LogP contribution in [0.2, 0.25) is 0 Å². The van der Waals surface area contributed by atoms with Crippen molar-refractivity contribution in [1.29, 1.82) is 0 Å². The predicted molar refractivity (Wildman–Crippen MR) is 70.3 cm³/mol. The zero-order valence-electron chi connectivity index (χ0n) is 9.76. The van der Waals surface area contributed by atoms with Crippen LogP contribution in [-0.4, -0.2) is 9.91 Å². The average Bonchev–Trinajstić information content (AvgIpc) is 2.81. The van der Waals surface area contributed by atoms with Crippen molar-refractivity contribution >= 4 is 16.6 Å². The minimum Gasteiger partial charge on any atom is -0.360 e.